The number of carbonyl (C=O) groups excluding carboxylic acids is 1. The van der Waals surface area contributed by atoms with Crippen LogP contribution < -0.4 is 15.8 Å². The van der Waals surface area contributed by atoms with E-state index in [9.17, 15) is 4.79 Å². The van der Waals surface area contributed by atoms with E-state index in [0.717, 1.165) is 10.2 Å². The van der Waals surface area contributed by atoms with Gasteiger partial charge in [-0.2, -0.15) is 0 Å². The third-order valence-corrected chi connectivity index (χ3v) is 2.71. The lowest BCUT2D eigenvalue weighted by atomic mass is 10.2. The maximum atomic E-state index is 10.6. The molecule has 1 aromatic carbocycles. The van der Waals surface area contributed by atoms with Crippen LogP contribution in [0.5, 0.6) is 5.75 Å². The van der Waals surface area contributed by atoms with Crippen LogP contribution >= 0.6 is 15.9 Å². The Balaban J connectivity index is 2.15. The van der Waals surface area contributed by atoms with Crippen molar-refractivity contribution in [1.82, 2.24) is 5.32 Å². The van der Waals surface area contributed by atoms with Gasteiger partial charge in [-0.25, -0.2) is 0 Å². The van der Waals surface area contributed by atoms with E-state index in [4.69, 9.17) is 10.5 Å². The average molecular weight is 301 g/mol. The van der Waals surface area contributed by atoms with Gasteiger partial charge in [-0.05, 0) is 31.2 Å². The number of nitrogens with two attached hydrogens (primary N) is 1. The topological polar surface area (TPSA) is 64.4 Å². The molecule has 0 fully saturated rings. The van der Waals surface area contributed by atoms with E-state index in [1.807, 2.05) is 31.2 Å². The second-order valence-electron chi connectivity index (χ2n) is 3.83. The van der Waals surface area contributed by atoms with E-state index in [1.165, 1.54) is 0 Å². The van der Waals surface area contributed by atoms with Crippen molar-refractivity contribution in [2.75, 3.05) is 13.2 Å². The number of hydrogen-bond acceptors (Lipinski definition) is 3. The summed E-state index contributed by atoms with van der Waals surface area (Å²) in [6, 6.07) is 7.74. The van der Waals surface area contributed by atoms with Gasteiger partial charge < -0.3 is 15.8 Å². The largest absolute Gasteiger partial charge is 0.492 e. The molecule has 3 N–H and O–H groups in total. The van der Waals surface area contributed by atoms with Gasteiger partial charge in [0.15, 0.2) is 0 Å². The highest BCUT2D eigenvalue weighted by Gasteiger charge is 2.04. The van der Waals surface area contributed by atoms with Gasteiger partial charge in [0.05, 0.1) is 0 Å². The first-order valence-corrected chi connectivity index (χ1v) is 6.27. The normalized spacial score (nSPS) is 12.1. The highest BCUT2D eigenvalue weighted by atomic mass is 79.9. The first-order valence-electron chi connectivity index (χ1n) is 5.48. The summed E-state index contributed by atoms with van der Waals surface area (Å²) < 4.78 is 6.54. The fraction of sp³-hybridized carbons (Fsp3) is 0.417. The maximum Gasteiger partial charge on any atom is 0.218 e. The van der Waals surface area contributed by atoms with Crippen LogP contribution in [0.1, 0.15) is 13.3 Å². The summed E-state index contributed by atoms with van der Waals surface area (Å²) in [5.41, 5.74) is 5.09. The predicted octanol–water partition coefficient (Wildman–Crippen LogP) is 1.68. The number of rotatable bonds is 7. The SMILES string of the molecule is CC(CC(N)=O)NCCOc1ccc(Br)cc1. The van der Waals surface area contributed by atoms with Crippen LogP contribution in [0.4, 0.5) is 0 Å². The summed E-state index contributed by atoms with van der Waals surface area (Å²) in [7, 11) is 0. The molecule has 0 radical (unpaired) electrons. The third-order valence-electron chi connectivity index (χ3n) is 2.18. The van der Waals surface area contributed by atoms with Gasteiger partial charge in [-0.3, -0.25) is 4.79 Å². The van der Waals surface area contributed by atoms with Gasteiger partial charge in [0.1, 0.15) is 12.4 Å². The molecule has 0 aliphatic rings. The van der Waals surface area contributed by atoms with Crippen molar-refractivity contribution in [3.63, 3.8) is 0 Å². The number of primary amides is 1. The minimum Gasteiger partial charge on any atom is -0.492 e. The minimum absolute atomic E-state index is 0.0843. The lowest BCUT2D eigenvalue weighted by Crippen LogP contribution is -2.33. The van der Waals surface area contributed by atoms with E-state index in [-0.39, 0.29) is 11.9 Å². The molecule has 1 unspecified atom stereocenters. The Morgan fingerprint density at radius 1 is 1.47 bits per heavy atom. The summed E-state index contributed by atoms with van der Waals surface area (Å²) in [6.07, 6.45) is 0.346. The Morgan fingerprint density at radius 2 is 2.12 bits per heavy atom. The van der Waals surface area contributed by atoms with Gasteiger partial charge in [-0.1, -0.05) is 15.9 Å². The number of ether oxygens (including phenoxy) is 1. The number of halogens is 1. The Hall–Kier alpha value is -1.07. The molecule has 0 bridgehead atoms. The zero-order valence-corrected chi connectivity index (χ0v) is 11.4. The third kappa shape index (κ3) is 6.28. The van der Waals surface area contributed by atoms with Crippen LogP contribution in [0.2, 0.25) is 0 Å². The summed E-state index contributed by atoms with van der Waals surface area (Å²) in [4.78, 5) is 10.6. The molecule has 1 amide bonds. The molecule has 0 saturated carbocycles. The predicted molar refractivity (Wildman–Crippen MR) is 70.9 cm³/mol. The Kier molecular flexibility index (Phi) is 6.00. The van der Waals surface area contributed by atoms with E-state index in [2.05, 4.69) is 21.2 Å². The molecule has 0 spiro atoms. The van der Waals surface area contributed by atoms with Crippen LogP contribution in [0.25, 0.3) is 0 Å². The highest BCUT2D eigenvalue weighted by molar-refractivity contribution is 9.10. The second kappa shape index (κ2) is 7.29. The zero-order chi connectivity index (χ0) is 12.7. The van der Waals surface area contributed by atoms with Crippen molar-refractivity contribution in [3.8, 4) is 5.75 Å². The molecule has 0 saturated heterocycles. The van der Waals surface area contributed by atoms with Crippen LogP contribution in [0.15, 0.2) is 28.7 Å². The van der Waals surface area contributed by atoms with Gasteiger partial charge in [0.25, 0.3) is 0 Å². The van der Waals surface area contributed by atoms with E-state index in [0.29, 0.717) is 19.6 Å². The second-order valence-corrected chi connectivity index (χ2v) is 4.74. The Labute approximate surface area is 110 Å². The molecule has 0 aliphatic heterocycles. The van der Waals surface area contributed by atoms with E-state index < -0.39 is 0 Å². The van der Waals surface area contributed by atoms with Gasteiger partial charge in [0.2, 0.25) is 5.91 Å². The van der Waals surface area contributed by atoms with Crippen molar-refractivity contribution in [3.05, 3.63) is 28.7 Å². The van der Waals surface area contributed by atoms with E-state index >= 15 is 0 Å². The molecule has 5 heteroatoms. The molecule has 17 heavy (non-hydrogen) atoms. The average Bonchev–Trinajstić information content (AvgIpc) is 2.26. The van der Waals surface area contributed by atoms with Crippen molar-refractivity contribution in [2.45, 2.75) is 19.4 Å². The maximum absolute atomic E-state index is 10.6. The first-order chi connectivity index (χ1) is 8.08. The molecule has 0 aromatic heterocycles. The lowest BCUT2D eigenvalue weighted by Gasteiger charge is -2.12. The molecular weight excluding hydrogens is 284 g/mol. The Morgan fingerprint density at radius 3 is 2.71 bits per heavy atom. The summed E-state index contributed by atoms with van der Waals surface area (Å²) in [5.74, 6) is 0.538. The van der Waals surface area contributed by atoms with Gasteiger partial charge >= 0.3 is 0 Å². The monoisotopic (exact) mass is 300 g/mol. The van der Waals surface area contributed by atoms with Crippen molar-refractivity contribution < 1.29 is 9.53 Å². The minimum atomic E-state index is -0.293. The molecule has 4 nitrogen and oxygen atoms in total. The van der Waals surface area contributed by atoms with Crippen LogP contribution in [0.3, 0.4) is 0 Å². The number of nitrogens with one attached hydrogen (secondary N) is 1. The number of hydrogen-bond donors (Lipinski definition) is 2. The van der Waals surface area contributed by atoms with Gasteiger partial charge in [0, 0.05) is 23.5 Å². The zero-order valence-electron chi connectivity index (χ0n) is 9.78. The van der Waals surface area contributed by atoms with Crippen LogP contribution in [-0.4, -0.2) is 25.1 Å². The number of carbonyl (C=O) groups is 1. The molecule has 0 heterocycles. The summed E-state index contributed by atoms with van der Waals surface area (Å²) >= 11 is 3.36. The summed E-state index contributed by atoms with van der Waals surface area (Å²) in [6.45, 7) is 3.17. The molecule has 1 aromatic rings. The summed E-state index contributed by atoms with van der Waals surface area (Å²) in [5, 5.41) is 3.16. The van der Waals surface area contributed by atoms with Crippen molar-refractivity contribution in [2.24, 2.45) is 5.73 Å². The molecule has 94 valence electrons. The van der Waals surface area contributed by atoms with Crippen molar-refractivity contribution in [1.29, 1.82) is 0 Å². The number of benzene rings is 1. The quantitative estimate of drug-likeness (QED) is 0.753. The fourth-order valence-electron chi connectivity index (χ4n) is 1.38. The first kappa shape index (κ1) is 14.0. The number of amides is 1. The standard InChI is InChI=1S/C12H17BrN2O2/c1-9(8-12(14)16)15-6-7-17-11-4-2-10(13)3-5-11/h2-5,9,15H,6-8H2,1H3,(H2,14,16). The molecule has 1 atom stereocenters. The van der Waals surface area contributed by atoms with Gasteiger partial charge in [-0.15, -0.1) is 0 Å². The van der Waals surface area contributed by atoms with Crippen LogP contribution in [0, 0.1) is 0 Å². The van der Waals surface area contributed by atoms with E-state index in [1.54, 1.807) is 0 Å². The molecular formula is C12H17BrN2O2. The van der Waals surface area contributed by atoms with Crippen molar-refractivity contribution >= 4 is 21.8 Å². The molecule has 1 rings (SSSR count). The highest BCUT2D eigenvalue weighted by Crippen LogP contribution is 2.15. The fourth-order valence-corrected chi connectivity index (χ4v) is 1.64. The lowest BCUT2D eigenvalue weighted by molar-refractivity contribution is -0.118. The molecule has 0 aliphatic carbocycles. The smallest absolute Gasteiger partial charge is 0.218 e. The Bertz CT molecular complexity index is 354. The van der Waals surface area contributed by atoms with Crippen LogP contribution in [-0.2, 0) is 4.79 Å².